The van der Waals surface area contributed by atoms with Crippen molar-refractivity contribution >= 4 is 5.97 Å². The van der Waals surface area contributed by atoms with Gasteiger partial charge in [-0.2, -0.15) is 0 Å². The number of ether oxygens (including phenoxy) is 3. The first-order chi connectivity index (χ1) is 13.2. The molecule has 140 valence electrons. The lowest BCUT2D eigenvalue weighted by atomic mass is 10.2. The SMILES string of the molecule is CCOC(=O)c1nnn(Cc2ccc(OC)cc2)c1OCc1ccccc1. The highest BCUT2D eigenvalue weighted by Crippen LogP contribution is 2.21. The van der Waals surface area contributed by atoms with Crippen LogP contribution in [0.5, 0.6) is 11.6 Å². The predicted molar refractivity (Wildman–Crippen MR) is 98.8 cm³/mol. The number of carbonyl (C=O) groups is 1. The van der Waals surface area contributed by atoms with E-state index in [1.807, 2.05) is 54.6 Å². The third-order valence-electron chi connectivity index (χ3n) is 3.87. The molecular weight excluding hydrogens is 346 g/mol. The zero-order valence-electron chi connectivity index (χ0n) is 15.3. The van der Waals surface area contributed by atoms with Crippen LogP contribution < -0.4 is 9.47 Å². The van der Waals surface area contributed by atoms with Gasteiger partial charge in [0.25, 0.3) is 0 Å². The van der Waals surface area contributed by atoms with Gasteiger partial charge in [0.2, 0.25) is 11.6 Å². The molecule has 0 amide bonds. The fourth-order valence-corrected chi connectivity index (χ4v) is 2.51. The molecule has 2 aromatic carbocycles. The molecule has 1 heterocycles. The normalized spacial score (nSPS) is 10.4. The summed E-state index contributed by atoms with van der Waals surface area (Å²) >= 11 is 0. The van der Waals surface area contributed by atoms with Crippen molar-refractivity contribution in [2.45, 2.75) is 20.1 Å². The molecular formula is C20H21N3O4. The summed E-state index contributed by atoms with van der Waals surface area (Å²) in [6.07, 6.45) is 0. The van der Waals surface area contributed by atoms with Crippen LogP contribution in [0.3, 0.4) is 0 Å². The monoisotopic (exact) mass is 367 g/mol. The number of methoxy groups -OCH3 is 1. The van der Waals surface area contributed by atoms with Gasteiger partial charge in [-0.1, -0.05) is 47.7 Å². The Morgan fingerprint density at radius 2 is 1.78 bits per heavy atom. The number of aromatic nitrogens is 3. The smallest absolute Gasteiger partial charge is 0.364 e. The van der Waals surface area contributed by atoms with Gasteiger partial charge in [-0.05, 0) is 30.2 Å². The van der Waals surface area contributed by atoms with E-state index in [4.69, 9.17) is 14.2 Å². The van der Waals surface area contributed by atoms with Crippen molar-refractivity contribution in [3.8, 4) is 11.6 Å². The summed E-state index contributed by atoms with van der Waals surface area (Å²) in [5, 5.41) is 8.04. The van der Waals surface area contributed by atoms with Gasteiger partial charge >= 0.3 is 5.97 Å². The van der Waals surface area contributed by atoms with Crippen molar-refractivity contribution in [1.29, 1.82) is 0 Å². The van der Waals surface area contributed by atoms with Gasteiger partial charge < -0.3 is 14.2 Å². The van der Waals surface area contributed by atoms with Crippen molar-refractivity contribution in [1.82, 2.24) is 15.0 Å². The lowest BCUT2D eigenvalue weighted by molar-refractivity contribution is 0.0513. The Morgan fingerprint density at radius 3 is 2.44 bits per heavy atom. The Balaban J connectivity index is 1.84. The van der Waals surface area contributed by atoms with E-state index in [1.165, 1.54) is 0 Å². The quantitative estimate of drug-likeness (QED) is 0.570. The van der Waals surface area contributed by atoms with Gasteiger partial charge in [0.05, 0.1) is 20.3 Å². The molecule has 0 atom stereocenters. The van der Waals surface area contributed by atoms with Crippen molar-refractivity contribution in [3.05, 3.63) is 71.4 Å². The second-order valence-corrected chi connectivity index (χ2v) is 5.74. The van der Waals surface area contributed by atoms with Gasteiger partial charge in [-0.15, -0.1) is 5.10 Å². The molecule has 0 unspecified atom stereocenters. The summed E-state index contributed by atoms with van der Waals surface area (Å²) in [4.78, 5) is 12.2. The highest BCUT2D eigenvalue weighted by molar-refractivity contribution is 5.89. The van der Waals surface area contributed by atoms with Crippen LogP contribution in [0.4, 0.5) is 0 Å². The number of esters is 1. The minimum Gasteiger partial charge on any atom is -0.497 e. The van der Waals surface area contributed by atoms with E-state index in [1.54, 1.807) is 18.7 Å². The highest BCUT2D eigenvalue weighted by Gasteiger charge is 2.23. The van der Waals surface area contributed by atoms with Crippen molar-refractivity contribution in [2.75, 3.05) is 13.7 Å². The lowest BCUT2D eigenvalue weighted by Gasteiger charge is -2.10. The fourth-order valence-electron chi connectivity index (χ4n) is 2.51. The van der Waals surface area contributed by atoms with E-state index in [9.17, 15) is 4.79 Å². The maximum absolute atomic E-state index is 12.2. The van der Waals surface area contributed by atoms with Crippen LogP contribution in [0, 0.1) is 0 Å². The molecule has 3 aromatic rings. The van der Waals surface area contributed by atoms with E-state index in [0.717, 1.165) is 16.9 Å². The van der Waals surface area contributed by atoms with Crippen LogP contribution in [0.15, 0.2) is 54.6 Å². The maximum Gasteiger partial charge on any atom is 0.364 e. The Bertz CT molecular complexity index is 876. The van der Waals surface area contributed by atoms with Crippen LogP contribution in [0.2, 0.25) is 0 Å². The Kier molecular flexibility index (Phi) is 6.04. The highest BCUT2D eigenvalue weighted by atomic mass is 16.5. The first-order valence-corrected chi connectivity index (χ1v) is 8.61. The van der Waals surface area contributed by atoms with Crippen molar-refractivity contribution < 1.29 is 19.0 Å². The van der Waals surface area contributed by atoms with Gasteiger partial charge in [0.15, 0.2) is 0 Å². The van der Waals surface area contributed by atoms with Crippen LogP contribution in [0.25, 0.3) is 0 Å². The van der Waals surface area contributed by atoms with E-state index in [2.05, 4.69) is 10.3 Å². The third kappa shape index (κ3) is 4.63. The lowest BCUT2D eigenvalue weighted by Crippen LogP contribution is -2.11. The Morgan fingerprint density at radius 1 is 1.04 bits per heavy atom. The van der Waals surface area contributed by atoms with Gasteiger partial charge in [-0.3, -0.25) is 0 Å². The van der Waals surface area contributed by atoms with Gasteiger partial charge in [0.1, 0.15) is 12.4 Å². The van der Waals surface area contributed by atoms with Crippen molar-refractivity contribution in [2.24, 2.45) is 0 Å². The molecule has 0 saturated carbocycles. The summed E-state index contributed by atoms with van der Waals surface area (Å²) in [5.74, 6) is 0.500. The van der Waals surface area contributed by atoms with Gasteiger partial charge in [0, 0.05) is 0 Å². The van der Waals surface area contributed by atoms with Crippen LogP contribution in [-0.2, 0) is 17.9 Å². The molecule has 3 rings (SSSR count). The summed E-state index contributed by atoms with van der Waals surface area (Å²) in [5.41, 5.74) is 2.02. The van der Waals surface area contributed by atoms with E-state index in [-0.39, 0.29) is 18.2 Å². The molecule has 0 radical (unpaired) electrons. The van der Waals surface area contributed by atoms with E-state index < -0.39 is 5.97 Å². The fraction of sp³-hybridized carbons (Fsp3) is 0.250. The molecule has 7 nitrogen and oxygen atoms in total. The molecule has 27 heavy (non-hydrogen) atoms. The number of hydrogen-bond acceptors (Lipinski definition) is 6. The minimum atomic E-state index is -0.554. The zero-order valence-corrected chi connectivity index (χ0v) is 15.3. The summed E-state index contributed by atoms with van der Waals surface area (Å²) in [6.45, 7) is 2.69. The first kappa shape index (κ1) is 18.4. The summed E-state index contributed by atoms with van der Waals surface area (Å²) < 4.78 is 17.7. The zero-order chi connectivity index (χ0) is 19.1. The molecule has 0 aliphatic rings. The minimum absolute atomic E-state index is 0.0706. The standard InChI is InChI=1S/C20H21N3O4/c1-3-26-20(24)18-19(27-14-16-7-5-4-6-8-16)23(22-21-18)13-15-9-11-17(25-2)12-10-15/h4-12H,3,13-14H2,1-2H3. The topological polar surface area (TPSA) is 75.5 Å². The average molecular weight is 367 g/mol. The van der Waals surface area contributed by atoms with Crippen LogP contribution >= 0.6 is 0 Å². The second-order valence-electron chi connectivity index (χ2n) is 5.74. The van der Waals surface area contributed by atoms with E-state index >= 15 is 0 Å². The number of carbonyl (C=O) groups excluding carboxylic acids is 1. The summed E-state index contributed by atoms with van der Waals surface area (Å²) in [6, 6.07) is 17.3. The number of nitrogens with zero attached hydrogens (tertiary/aromatic N) is 3. The van der Waals surface area contributed by atoms with Crippen LogP contribution in [0.1, 0.15) is 28.5 Å². The molecule has 0 spiro atoms. The first-order valence-electron chi connectivity index (χ1n) is 8.61. The molecule has 0 N–H and O–H groups in total. The molecule has 0 fully saturated rings. The Hall–Kier alpha value is -3.35. The molecule has 0 aliphatic carbocycles. The molecule has 0 bridgehead atoms. The number of hydrogen-bond donors (Lipinski definition) is 0. The second kappa shape index (κ2) is 8.84. The number of rotatable bonds is 8. The molecule has 0 aliphatic heterocycles. The number of benzene rings is 2. The Labute approximate surface area is 157 Å². The average Bonchev–Trinajstić information content (AvgIpc) is 3.10. The predicted octanol–water partition coefficient (Wildman–Crippen LogP) is 3.09. The van der Waals surface area contributed by atoms with Crippen molar-refractivity contribution in [3.63, 3.8) is 0 Å². The maximum atomic E-state index is 12.2. The van der Waals surface area contributed by atoms with E-state index in [0.29, 0.717) is 13.2 Å². The third-order valence-corrected chi connectivity index (χ3v) is 3.87. The molecule has 7 heteroatoms. The largest absolute Gasteiger partial charge is 0.497 e. The molecule has 0 saturated heterocycles. The van der Waals surface area contributed by atoms with Crippen LogP contribution in [-0.4, -0.2) is 34.7 Å². The summed E-state index contributed by atoms with van der Waals surface area (Å²) in [7, 11) is 1.62. The van der Waals surface area contributed by atoms with Gasteiger partial charge in [-0.25, -0.2) is 9.48 Å². The molecule has 1 aromatic heterocycles.